The van der Waals surface area contributed by atoms with E-state index in [1.807, 2.05) is 0 Å². The highest BCUT2D eigenvalue weighted by Crippen LogP contribution is 2.31. The van der Waals surface area contributed by atoms with E-state index in [4.69, 9.17) is 4.74 Å². The molecule has 0 spiro atoms. The number of sulfonamides is 2. The van der Waals surface area contributed by atoms with Crippen LogP contribution in [0, 0.1) is 0 Å². The van der Waals surface area contributed by atoms with E-state index in [0.29, 0.717) is 18.8 Å². The largest absolute Gasteiger partial charge is 0.495 e. The van der Waals surface area contributed by atoms with Gasteiger partial charge < -0.3 is 10.1 Å². The van der Waals surface area contributed by atoms with Gasteiger partial charge in [-0.1, -0.05) is 18.2 Å². The maximum Gasteiger partial charge on any atom is 0.248 e. The maximum atomic E-state index is 13.0. The zero-order valence-corrected chi connectivity index (χ0v) is 19.8. The van der Waals surface area contributed by atoms with E-state index in [-0.39, 0.29) is 16.3 Å². The van der Waals surface area contributed by atoms with Crippen molar-refractivity contribution in [1.29, 1.82) is 0 Å². The summed E-state index contributed by atoms with van der Waals surface area (Å²) in [6.07, 6.45) is 2.63. The van der Waals surface area contributed by atoms with Crippen molar-refractivity contribution >= 4 is 37.3 Å². The quantitative estimate of drug-likeness (QED) is 0.619. The van der Waals surface area contributed by atoms with Crippen LogP contribution in [0.2, 0.25) is 0 Å². The number of nitrogens with one attached hydrogen (secondary N) is 1. The third-order valence-electron chi connectivity index (χ3n) is 5.23. The van der Waals surface area contributed by atoms with Crippen molar-refractivity contribution in [3.05, 3.63) is 48.5 Å². The molecule has 1 saturated heterocycles. The summed E-state index contributed by atoms with van der Waals surface area (Å²) in [6, 6.07) is 11.4. The summed E-state index contributed by atoms with van der Waals surface area (Å²) in [5, 5.41) is 2.63. The molecule has 1 heterocycles. The van der Waals surface area contributed by atoms with Gasteiger partial charge in [0.15, 0.2) is 0 Å². The number of amides is 1. The minimum atomic E-state index is -3.77. The van der Waals surface area contributed by atoms with Gasteiger partial charge in [-0.3, -0.25) is 9.10 Å². The van der Waals surface area contributed by atoms with Crippen molar-refractivity contribution in [3.8, 4) is 5.75 Å². The normalized spacial score (nSPS) is 15.8. The summed E-state index contributed by atoms with van der Waals surface area (Å²) in [7, 11) is -6.08. The van der Waals surface area contributed by atoms with Gasteiger partial charge in [-0.2, -0.15) is 4.31 Å². The molecule has 0 radical (unpaired) electrons. The Morgan fingerprint density at radius 1 is 1.06 bits per heavy atom. The molecule has 1 aliphatic rings. The fourth-order valence-electron chi connectivity index (χ4n) is 3.64. The van der Waals surface area contributed by atoms with Crippen LogP contribution in [0.25, 0.3) is 0 Å². The van der Waals surface area contributed by atoms with Gasteiger partial charge in [0.2, 0.25) is 26.0 Å². The maximum absolute atomic E-state index is 13.0. The number of rotatable bonds is 8. The summed E-state index contributed by atoms with van der Waals surface area (Å²) in [5.41, 5.74) is 0.487. The first-order valence-electron chi connectivity index (χ1n) is 10.1. The molecule has 3 rings (SSSR count). The Hall–Kier alpha value is -2.63. The number of benzene rings is 2. The van der Waals surface area contributed by atoms with Gasteiger partial charge in [0.05, 0.1) is 29.6 Å². The smallest absolute Gasteiger partial charge is 0.248 e. The lowest BCUT2D eigenvalue weighted by Crippen LogP contribution is -2.45. The lowest BCUT2D eigenvalue weighted by Gasteiger charge is -2.28. The Morgan fingerprint density at radius 2 is 1.69 bits per heavy atom. The van der Waals surface area contributed by atoms with E-state index in [1.54, 1.807) is 30.3 Å². The summed E-state index contributed by atoms with van der Waals surface area (Å²) in [4.78, 5) is 13.1. The standard InChI is InChI=1S/C21H27N3O6S2/c1-16(24(31(3,26)27)17-9-5-4-6-10-17)21(25)22-19-15-18(11-12-20(19)30-2)32(28,29)23-13-7-8-14-23/h4-6,9-12,15-16H,7-8,13-14H2,1-3H3,(H,22,25). The number of ether oxygens (including phenoxy) is 1. The fourth-order valence-corrected chi connectivity index (χ4v) is 6.36. The molecule has 0 aliphatic carbocycles. The summed E-state index contributed by atoms with van der Waals surface area (Å²) < 4.78 is 58.4. The van der Waals surface area contributed by atoms with Crippen molar-refractivity contribution in [1.82, 2.24) is 4.31 Å². The number of para-hydroxylation sites is 1. The molecule has 11 heteroatoms. The minimum Gasteiger partial charge on any atom is -0.495 e. The van der Waals surface area contributed by atoms with Crippen molar-refractivity contribution in [2.75, 3.05) is 36.1 Å². The Bertz CT molecular complexity index is 1180. The molecule has 32 heavy (non-hydrogen) atoms. The Morgan fingerprint density at radius 3 is 2.25 bits per heavy atom. The Kier molecular flexibility index (Phi) is 7.11. The SMILES string of the molecule is COc1ccc(S(=O)(=O)N2CCCC2)cc1NC(=O)C(C)N(c1ccccc1)S(C)(=O)=O. The van der Waals surface area contributed by atoms with Crippen LogP contribution in [0.1, 0.15) is 19.8 Å². The van der Waals surface area contributed by atoms with Gasteiger partial charge in [-0.15, -0.1) is 0 Å². The molecule has 0 saturated carbocycles. The van der Waals surface area contributed by atoms with Gasteiger partial charge in [0.1, 0.15) is 11.8 Å². The predicted octanol–water partition coefficient (Wildman–Crippen LogP) is 2.27. The second kappa shape index (κ2) is 9.47. The molecular formula is C21H27N3O6S2. The minimum absolute atomic E-state index is 0.0335. The highest BCUT2D eigenvalue weighted by Gasteiger charge is 2.31. The number of hydrogen-bond donors (Lipinski definition) is 1. The number of carbonyl (C=O) groups is 1. The van der Waals surface area contributed by atoms with Crippen molar-refractivity contribution in [3.63, 3.8) is 0 Å². The third-order valence-corrected chi connectivity index (χ3v) is 8.37. The molecule has 1 fully saturated rings. The molecule has 1 atom stereocenters. The van der Waals surface area contributed by atoms with Crippen LogP contribution in [0.15, 0.2) is 53.4 Å². The number of carbonyl (C=O) groups excluding carboxylic acids is 1. The van der Waals surface area contributed by atoms with E-state index in [9.17, 15) is 21.6 Å². The van der Waals surface area contributed by atoms with E-state index in [2.05, 4.69) is 5.32 Å². The molecule has 174 valence electrons. The highest BCUT2D eigenvalue weighted by atomic mass is 32.2. The van der Waals surface area contributed by atoms with Crippen molar-refractivity contribution < 1.29 is 26.4 Å². The van der Waals surface area contributed by atoms with Gasteiger partial charge in [0, 0.05) is 13.1 Å². The van der Waals surface area contributed by atoms with Crippen molar-refractivity contribution in [2.24, 2.45) is 0 Å². The number of hydrogen-bond acceptors (Lipinski definition) is 6. The number of methoxy groups -OCH3 is 1. The monoisotopic (exact) mass is 481 g/mol. The molecule has 2 aromatic rings. The van der Waals surface area contributed by atoms with Crippen LogP contribution in [0.3, 0.4) is 0 Å². The van der Waals surface area contributed by atoms with Crippen LogP contribution in [-0.2, 0) is 24.8 Å². The summed E-state index contributed by atoms with van der Waals surface area (Å²) in [5.74, 6) is -0.371. The van der Waals surface area contributed by atoms with Gasteiger partial charge in [-0.05, 0) is 50.1 Å². The third kappa shape index (κ3) is 5.05. The Balaban J connectivity index is 1.92. The molecule has 0 aromatic heterocycles. The van der Waals surface area contributed by atoms with E-state index >= 15 is 0 Å². The number of nitrogens with zero attached hydrogens (tertiary/aromatic N) is 2. The number of anilines is 2. The van der Waals surface area contributed by atoms with E-state index in [0.717, 1.165) is 23.4 Å². The fraction of sp³-hybridized carbons (Fsp3) is 0.381. The van der Waals surface area contributed by atoms with Gasteiger partial charge in [0.25, 0.3) is 0 Å². The molecule has 2 aromatic carbocycles. The molecule has 0 bridgehead atoms. The van der Waals surface area contributed by atoms with Gasteiger partial charge >= 0.3 is 0 Å². The molecule has 9 nitrogen and oxygen atoms in total. The summed E-state index contributed by atoms with van der Waals surface area (Å²) >= 11 is 0. The van der Waals surface area contributed by atoms with Crippen molar-refractivity contribution in [2.45, 2.75) is 30.7 Å². The molecule has 1 N–H and O–H groups in total. The van der Waals surface area contributed by atoms with Crippen LogP contribution in [0.4, 0.5) is 11.4 Å². The highest BCUT2D eigenvalue weighted by molar-refractivity contribution is 7.92. The first kappa shape index (κ1) is 24.0. The second-order valence-electron chi connectivity index (χ2n) is 7.53. The van der Waals surface area contributed by atoms with Crippen LogP contribution in [-0.4, -0.2) is 59.5 Å². The zero-order chi connectivity index (χ0) is 23.5. The molecule has 1 amide bonds. The zero-order valence-electron chi connectivity index (χ0n) is 18.2. The second-order valence-corrected chi connectivity index (χ2v) is 11.3. The lowest BCUT2D eigenvalue weighted by molar-refractivity contribution is -0.116. The van der Waals surface area contributed by atoms with Crippen LogP contribution in [0.5, 0.6) is 5.75 Å². The predicted molar refractivity (Wildman–Crippen MR) is 123 cm³/mol. The van der Waals surface area contributed by atoms with Crippen LogP contribution < -0.4 is 14.4 Å². The molecular weight excluding hydrogens is 454 g/mol. The molecule has 1 aliphatic heterocycles. The first-order valence-corrected chi connectivity index (χ1v) is 13.4. The lowest BCUT2D eigenvalue weighted by atomic mass is 10.2. The van der Waals surface area contributed by atoms with Gasteiger partial charge in [-0.25, -0.2) is 16.8 Å². The first-order chi connectivity index (χ1) is 15.1. The summed E-state index contributed by atoms with van der Waals surface area (Å²) in [6.45, 7) is 2.36. The topological polar surface area (TPSA) is 113 Å². The van der Waals surface area contributed by atoms with E-state index in [1.165, 1.54) is 36.5 Å². The van der Waals surface area contributed by atoms with E-state index < -0.39 is 32.0 Å². The average Bonchev–Trinajstić information content (AvgIpc) is 3.29. The Labute approximate surface area is 189 Å². The molecule has 1 unspecified atom stereocenters. The average molecular weight is 482 g/mol. The van der Waals surface area contributed by atoms with Crippen LogP contribution >= 0.6 is 0 Å².